The van der Waals surface area contributed by atoms with Crippen molar-refractivity contribution in [2.24, 2.45) is 28.6 Å². The maximum atomic E-state index is 12.4. The summed E-state index contributed by atoms with van der Waals surface area (Å²) < 4.78 is 0. The Balaban J connectivity index is 1.78. The highest BCUT2D eigenvalue weighted by Crippen LogP contribution is 2.62. The van der Waals surface area contributed by atoms with Crippen molar-refractivity contribution < 1.29 is 14.7 Å². The molecule has 1 N–H and O–H groups in total. The van der Waals surface area contributed by atoms with Crippen molar-refractivity contribution in [2.75, 3.05) is 6.61 Å². The summed E-state index contributed by atoms with van der Waals surface area (Å²) in [6, 6.07) is 0. The van der Waals surface area contributed by atoms with Crippen LogP contribution in [0.15, 0.2) is 23.8 Å². The third-order valence-corrected chi connectivity index (χ3v) is 7.24. The molecular formula is C19H24O3. The van der Waals surface area contributed by atoms with Crippen molar-refractivity contribution >= 4 is 11.6 Å². The number of fused-ring (bicyclic) bond motifs is 5. The van der Waals surface area contributed by atoms with Gasteiger partial charge in [0, 0.05) is 23.7 Å². The number of rotatable bonds is 1. The van der Waals surface area contributed by atoms with Gasteiger partial charge in [-0.1, -0.05) is 19.1 Å². The van der Waals surface area contributed by atoms with Crippen molar-refractivity contribution in [3.63, 3.8) is 0 Å². The SMILES string of the molecule is C[C@]12CC[C@H]3[C@@H](C=CC4=CC(=O)CC[C@@]43CO)[C@@H]1CCC2=O. The summed E-state index contributed by atoms with van der Waals surface area (Å²) in [5.41, 5.74) is 0.620. The van der Waals surface area contributed by atoms with E-state index in [4.69, 9.17) is 0 Å². The lowest BCUT2D eigenvalue weighted by Crippen LogP contribution is -2.51. The molecule has 4 aliphatic rings. The van der Waals surface area contributed by atoms with Gasteiger partial charge in [-0.3, -0.25) is 9.59 Å². The number of carbonyl (C=O) groups excluding carboxylic acids is 2. The molecule has 0 aromatic carbocycles. The first-order valence-corrected chi connectivity index (χ1v) is 8.59. The van der Waals surface area contributed by atoms with Gasteiger partial charge in [0.2, 0.25) is 0 Å². The van der Waals surface area contributed by atoms with E-state index in [0.717, 1.165) is 31.3 Å². The first-order chi connectivity index (χ1) is 10.5. The molecule has 0 bridgehead atoms. The molecule has 3 heteroatoms. The molecule has 22 heavy (non-hydrogen) atoms. The van der Waals surface area contributed by atoms with E-state index in [0.29, 0.717) is 36.4 Å². The Labute approximate surface area is 131 Å². The lowest BCUT2D eigenvalue weighted by Gasteiger charge is -2.55. The summed E-state index contributed by atoms with van der Waals surface area (Å²) in [6.07, 6.45) is 11.0. The zero-order valence-corrected chi connectivity index (χ0v) is 13.2. The van der Waals surface area contributed by atoms with Crippen LogP contribution in [0.3, 0.4) is 0 Å². The molecule has 0 aliphatic heterocycles. The fourth-order valence-electron chi connectivity index (χ4n) is 5.88. The van der Waals surface area contributed by atoms with Gasteiger partial charge in [-0.05, 0) is 55.1 Å². The standard InChI is InChI=1S/C19H24O3/c1-18-8-7-16-14(15(18)4-5-17(18)22)3-2-12-10-13(21)6-9-19(12,16)11-20/h2-3,10,14-16,20H,4-9,11H2,1H3/t14-,15-,16-,18-,19+/m0/s1. The highest BCUT2D eigenvalue weighted by Gasteiger charge is 2.58. The molecule has 0 saturated heterocycles. The highest BCUT2D eigenvalue weighted by atomic mass is 16.3. The van der Waals surface area contributed by atoms with Gasteiger partial charge in [-0.25, -0.2) is 0 Å². The van der Waals surface area contributed by atoms with Crippen molar-refractivity contribution in [3.8, 4) is 0 Å². The lowest BCUT2D eigenvalue weighted by molar-refractivity contribution is -0.131. The quantitative estimate of drug-likeness (QED) is 0.810. The van der Waals surface area contributed by atoms with Gasteiger partial charge >= 0.3 is 0 Å². The first-order valence-electron chi connectivity index (χ1n) is 8.59. The van der Waals surface area contributed by atoms with Crippen molar-refractivity contribution in [1.82, 2.24) is 0 Å². The van der Waals surface area contributed by atoms with Gasteiger partial charge in [0.1, 0.15) is 5.78 Å². The van der Waals surface area contributed by atoms with Crippen LogP contribution in [0.1, 0.15) is 45.4 Å². The molecule has 4 rings (SSSR count). The molecule has 2 saturated carbocycles. The number of Topliss-reactive ketones (excluding diaryl/α,β-unsaturated/α-hetero) is 1. The minimum atomic E-state index is -0.250. The van der Waals surface area contributed by atoms with Crippen LogP contribution in [0.2, 0.25) is 0 Å². The Morgan fingerprint density at radius 3 is 2.77 bits per heavy atom. The van der Waals surface area contributed by atoms with Gasteiger partial charge in [0.25, 0.3) is 0 Å². The maximum absolute atomic E-state index is 12.4. The summed E-state index contributed by atoms with van der Waals surface area (Å²) >= 11 is 0. The summed E-state index contributed by atoms with van der Waals surface area (Å²) in [7, 11) is 0. The van der Waals surface area contributed by atoms with Crippen molar-refractivity contribution in [3.05, 3.63) is 23.8 Å². The predicted octanol–water partition coefficient (Wildman–Crippen LogP) is 2.84. The third-order valence-electron chi connectivity index (χ3n) is 7.24. The molecule has 0 aromatic heterocycles. The highest BCUT2D eigenvalue weighted by molar-refractivity contribution is 5.92. The van der Waals surface area contributed by atoms with E-state index in [1.165, 1.54) is 0 Å². The topological polar surface area (TPSA) is 54.4 Å². The molecular weight excluding hydrogens is 276 g/mol. The number of aliphatic hydroxyl groups is 1. The second kappa shape index (κ2) is 4.64. The van der Waals surface area contributed by atoms with E-state index in [1.807, 2.05) is 0 Å². The average molecular weight is 300 g/mol. The summed E-state index contributed by atoms with van der Waals surface area (Å²) in [6.45, 7) is 2.27. The van der Waals surface area contributed by atoms with Gasteiger partial charge in [0.15, 0.2) is 5.78 Å². The second-order valence-electron chi connectivity index (χ2n) is 7.95. The maximum Gasteiger partial charge on any atom is 0.156 e. The third kappa shape index (κ3) is 1.66. The number of hydrogen-bond donors (Lipinski definition) is 1. The molecule has 0 amide bonds. The molecule has 0 heterocycles. The first kappa shape index (κ1) is 14.4. The predicted molar refractivity (Wildman–Crippen MR) is 83.0 cm³/mol. The Morgan fingerprint density at radius 1 is 1.18 bits per heavy atom. The Bertz CT molecular complexity index is 602. The van der Waals surface area contributed by atoms with Crippen molar-refractivity contribution in [1.29, 1.82) is 0 Å². The number of ketones is 2. The largest absolute Gasteiger partial charge is 0.395 e. The van der Waals surface area contributed by atoms with Crippen LogP contribution >= 0.6 is 0 Å². The van der Waals surface area contributed by atoms with Gasteiger partial charge in [0.05, 0.1) is 6.61 Å². The lowest BCUT2D eigenvalue weighted by atomic mass is 9.49. The summed E-state index contributed by atoms with van der Waals surface area (Å²) in [4.78, 5) is 24.1. The molecule has 0 radical (unpaired) electrons. The fraction of sp³-hybridized carbons (Fsp3) is 0.684. The number of aliphatic hydroxyl groups excluding tert-OH is 1. The normalized spacial score (nSPS) is 46.8. The summed E-state index contributed by atoms with van der Waals surface area (Å²) in [5, 5.41) is 10.2. The minimum Gasteiger partial charge on any atom is -0.395 e. The van der Waals surface area contributed by atoms with Crippen LogP contribution in [-0.2, 0) is 9.59 Å². The number of hydrogen-bond acceptors (Lipinski definition) is 3. The monoisotopic (exact) mass is 300 g/mol. The van der Waals surface area contributed by atoms with Crippen molar-refractivity contribution in [2.45, 2.75) is 45.4 Å². The van der Waals surface area contributed by atoms with Crippen LogP contribution in [0.4, 0.5) is 0 Å². The summed E-state index contributed by atoms with van der Waals surface area (Å²) in [5.74, 6) is 1.78. The van der Waals surface area contributed by atoms with Crippen LogP contribution in [0, 0.1) is 28.6 Å². The zero-order valence-electron chi connectivity index (χ0n) is 13.2. The average Bonchev–Trinajstić information content (AvgIpc) is 2.82. The zero-order chi connectivity index (χ0) is 15.5. The van der Waals surface area contributed by atoms with Crippen LogP contribution in [-0.4, -0.2) is 23.3 Å². The van der Waals surface area contributed by atoms with E-state index >= 15 is 0 Å². The van der Waals surface area contributed by atoms with E-state index < -0.39 is 0 Å². The Hall–Kier alpha value is -1.22. The molecule has 0 aromatic rings. The van der Waals surface area contributed by atoms with E-state index in [9.17, 15) is 14.7 Å². The molecule has 3 nitrogen and oxygen atoms in total. The minimum absolute atomic E-state index is 0.120. The van der Waals surface area contributed by atoms with Gasteiger partial charge in [-0.2, -0.15) is 0 Å². The fourth-order valence-corrected chi connectivity index (χ4v) is 5.88. The molecule has 118 valence electrons. The molecule has 0 spiro atoms. The van der Waals surface area contributed by atoms with Gasteiger partial charge in [-0.15, -0.1) is 0 Å². The molecule has 5 atom stereocenters. The molecule has 0 unspecified atom stereocenters. The smallest absolute Gasteiger partial charge is 0.156 e. The Morgan fingerprint density at radius 2 is 2.00 bits per heavy atom. The van der Waals surface area contributed by atoms with Gasteiger partial charge < -0.3 is 5.11 Å². The molecule has 4 aliphatic carbocycles. The molecule has 2 fully saturated rings. The van der Waals surface area contributed by atoms with E-state index in [1.54, 1.807) is 6.08 Å². The van der Waals surface area contributed by atoms with Crippen LogP contribution in [0.25, 0.3) is 0 Å². The second-order valence-corrected chi connectivity index (χ2v) is 7.95. The number of allylic oxidation sites excluding steroid dienone is 3. The van der Waals surface area contributed by atoms with Crippen LogP contribution in [0.5, 0.6) is 0 Å². The van der Waals surface area contributed by atoms with E-state index in [2.05, 4.69) is 19.1 Å². The number of carbonyl (C=O) groups is 2. The van der Waals surface area contributed by atoms with Crippen LogP contribution < -0.4 is 0 Å². The Kier molecular flexibility index (Phi) is 3.03. The van der Waals surface area contributed by atoms with E-state index in [-0.39, 0.29) is 23.2 Å².